The van der Waals surface area contributed by atoms with Crippen molar-refractivity contribution in [1.82, 2.24) is 4.98 Å². The van der Waals surface area contributed by atoms with E-state index in [0.717, 1.165) is 48.9 Å². The number of H-pyrrole nitrogens is 1. The van der Waals surface area contributed by atoms with Crippen LogP contribution in [0.2, 0.25) is 0 Å². The van der Waals surface area contributed by atoms with Crippen LogP contribution in [0.5, 0.6) is 0 Å². The predicted octanol–water partition coefficient (Wildman–Crippen LogP) is 2.86. The molecule has 0 aliphatic heterocycles. The van der Waals surface area contributed by atoms with Crippen molar-refractivity contribution in [1.29, 1.82) is 0 Å². The van der Waals surface area contributed by atoms with Gasteiger partial charge in [-0.05, 0) is 49.1 Å². The van der Waals surface area contributed by atoms with Gasteiger partial charge in [0.1, 0.15) is 5.56 Å². The summed E-state index contributed by atoms with van der Waals surface area (Å²) >= 11 is 0. The molecular formula is C15H21NO3. The van der Waals surface area contributed by atoms with Crippen molar-refractivity contribution in [3.05, 3.63) is 32.7 Å². The Labute approximate surface area is 112 Å². The quantitative estimate of drug-likeness (QED) is 0.824. The van der Waals surface area contributed by atoms with Crippen LogP contribution < -0.4 is 5.56 Å². The van der Waals surface area contributed by atoms with Crippen LogP contribution in [0.25, 0.3) is 0 Å². The van der Waals surface area contributed by atoms with Gasteiger partial charge in [-0.25, -0.2) is 4.79 Å². The molecule has 0 spiro atoms. The van der Waals surface area contributed by atoms with Gasteiger partial charge in [-0.3, -0.25) is 4.79 Å². The highest BCUT2D eigenvalue weighted by atomic mass is 16.4. The lowest BCUT2D eigenvalue weighted by Crippen LogP contribution is -2.25. The Balaban J connectivity index is 2.70. The minimum absolute atomic E-state index is 0.0380. The smallest absolute Gasteiger partial charge is 0.341 e. The molecule has 0 fully saturated rings. The third kappa shape index (κ3) is 2.57. The molecule has 19 heavy (non-hydrogen) atoms. The Kier molecular flexibility index (Phi) is 4.08. The number of aromatic nitrogens is 1. The third-order valence-corrected chi connectivity index (χ3v) is 4.14. The minimum Gasteiger partial charge on any atom is -0.477 e. The summed E-state index contributed by atoms with van der Waals surface area (Å²) in [5, 5.41) is 9.28. The number of carboxylic acids is 1. The zero-order valence-corrected chi connectivity index (χ0v) is 11.6. The van der Waals surface area contributed by atoms with Gasteiger partial charge in [0, 0.05) is 5.69 Å². The molecule has 1 heterocycles. The second kappa shape index (κ2) is 5.59. The largest absolute Gasteiger partial charge is 0.477 e. The van der Waals surface area contributed by atoms with Gasteiger partial charge in [-0.15, -0.1) is 0 Å². The van der Waals surface area contributed by atoms with Gasteiger partial charge in [-0.2, -0.15) is 0 Å². The van der Waals surface area contributed by atoms with Gasteiger partial charge in [0.2, 0.25) is 0 Å². The fourth-order valence-corrected chi connectivity index (χ4v) is 2.90. The van der Waals surface area contributed by atoms with Gasteiger partial charge in [0.15, 0.2) is 0 Å². The van der Waals surface area contributed by atoms with E-state index < -0.39 is 11.5 Å². The predicted molar refractivity (Wildman–Crippen MR) is 74.0 cm³/mol. The van der Waals surface area contributed by atoms with Crippen LogP contribution in [0.1, 0.15) is 72.6 Å². The van der Waals surface area contributed by atoms with E-state index in [2.05, 4.69) is 18.8 Å². The number of pyridine rings is 1. The zero-order chi connectivity index (χ0) is 14.0. The molecule has 0 saturated heterocycles. The number of nitrogens with one attached hydrogen (secondary N) is 1. The fourth-order valence-electron chi connectivity index (χ4n) is 2.90. The standard InChI is InChI=1S/C15H21NO3/c1-3-9(2)13-11-8-6-4-5-7-10(11)12(15(18)19)14(17)16-13/h9H,3-8H2,1-2H3,(H,16,17)(H,18,19). The van der Waals surface area contributed by atoms with E-state index in [0.29, 0.717) is 6.42 Å². The first-order chi connectivity index (χ1) is 9.06. The van der Waals surface area contributed by atoms with Crippen LogP contribution in [-0.2, 0) is 12.8 Å². The lowest BCUT2D eigenvalue weighted by atomic mass is 9.91. The molecule has 1 aromatic rings. The zero-order valence-electron chi connectivity index (χ0n) is 11.6. The van der Waals surface area contributed by atoms with Gasteiger partial charge in [0.05, 0.1) is 0 Å². The third-order valence-electron chi connectivity index (χ3n) is 4.14. The van der Waals surface area contributed by atoms with E-state index in [4.69, 9.17) is 0 Å². The summed E-state index contributed by atoms with van der Waals surface area (Å²) in [7, 11) is 0. The Morgan fingerprint density at radius 1 is 1.26 bits per heavy atom. The Hall–Kier alpha value is -1.58. The average molecular weight is 263 g/mol. The van der Waals surface area contributed by atoms with Crippen molar-refractivity contribution in [3.63, 3.8) is 0 Å². The number of aromatic carboxylic acids is 1. The minimum atomic E-state index is -1.10. The van der Waals surface area contributed by atoms with Gasteiger partial charge in [-0.1, -0.05) is 20.3 Å². The van der Waals surface area contributed by atoms with E-state index in [1.54, 1.807) is 0 Å². The van der Waals surface area contributed by atoms with Gasteiger partial charge < -0.3 is 10.1 Å². The van der Waals surface area contributed by atoms with E-state index in [1.165, 1.54) is 0 Å². The summed E-state index contributed by atoms with van der Waals surface area (Å²) in [5.74, 6) is -0.836. The van der Waals surface area contributed by atoms with E-state index in [-0.39, 0.29) is 11.5 Å². The molecule has 0 amide bonds. The maximum absolute atomic E-state index is 12.0. The molecule has 0 saturated carbocycles. The molecular weight excluding hydrogens is 242 g/mol. The number of carboxylic acid groups (broad SMARTS) is 1. The molecule has 0 aromatic carbocycles. The van der Waals surface area contributed by atoms with E-state index in [1.807, 2.05) is 0 Å². The van der Waals surface area contributed by atoms with Crippen molar-refractivity contribution in [2.75, 3.05) is 0 Å². The van der Waals surface area contributed by atoms with Crippen LogP contribution in [0, 0.1) is 0 Å². The van der Waals surface area contributed by atoms with E-state index in [9.17, 15) is 14.7 Å². The summed E-state index contributed by atoms with van der Waals surface area (Å²) in [6.45, 7) is 4.16. The van der Waals surface area contributed by atoms with Crippen LogP contribution in [0.3, 0.4) is 0 Å². The molecule has 1 unspecified atom stereocenters. The van der Waals surface area contributed by atoms with Gasteiger partial charge in [0.25, 0.3) is 5.56 Å². The van der Waals surface area contributed by atoms with Crippen molar-refractivity contribution in [3.8, 4) is 0 Å². The summed E-state index contributed by atoms with van der Waals surface area (Å²) in [5.41, 5.74) is 2.34. The number of aromatic amines is 1. The van der Waals surface area contributed by atoms with Gasteiger partial charge >= 0.3 is 5.97 Å². The molecule has 2 rings (SSSR count). The highest BCUT2D eigenvalue weighted by molar-refractivity contribution is 5.89. The molecule has 1 atom stereocenters. The number of hydrogen-bond acceptors (Lipinski definition) is 2. The highest BCUT2D eigenvalue weighted by Gasteiger charge is 2.24. The van der Waals surface area contributed by atoms with Crippen molar-refractivity contribution >= 4 is 5.97 Å². The molecule has 1 aliphatic carbocycles. The highest BCUT2D eigenvalue weighted by Crippen LogP contribution is 2.29. The number of carbonyl (C=O) groups is 1. The first kappa shape index (κ1) is 13.8. The fraction of sp³-hybridized carbons (Fsp3) is 0.600. The summed E-state index contributed by atoms with van der Waals surface area (Å²) < 4.78 is 0. The Morgan fingerprint density at radius 3 is 2.47 bits per heavy atom. The lowest BCUT2D eigenvalue weighted by Gasteiger charge is -2.18. The first-order valence-corrected chi connectivity index (χ1v) is 7.07. The second-order valence-electron chi connectivity index (χ2n) is 5.38. The van der Waals surface area contributed by atoms with Crippen LogP contribution in [0.4, 0.5) is 0 Å². The van der Waals surface area contributed by atoms with Crippen molar-refractivity contribution in [2.24, 2.45) is 0 Å². The molecule has 4 heteroatoms. The first-order valence-electron chi connectivity index (χ1n) is 7.07. The SMILES string of the molecule is CCC(C)c1[nH]c(=O)c(C(=O)O)c2c1CCCCC2. The molecule has 0 radical (unpaired) electrons. The normalized spacial score (nSPS) is 16.5. The topological polar surface area (TPSA) is 70.2 Å². The maximum atomic E-state index is 12.0. The lowest BCUT2D eigenvalue weighted by molar-refractivity contribution is 0.0693. The second-order valence-corrected chi connectivity index (χ2v) is 5.38. The Morgan fingerprint density at radius 2 is 1.89 bits per heavy atom. The molecule has 1 aliphatic rings. The molecule has 1 aromatic heterocycles. The van der Waals surface area contributed by atoms with Crippen LogP contribution in [0.15, 0.2) is 4.79 Å². The summed E-state index contributed by atoms with van der Waals surface area (Å²) in [6.07, 6.45) is 5.67. The Bertz CT molecular complexity index is 545. The monoisotopic (exact) mass is 263 g/mol. The molecule has 104 valence electrons. The average Bonchev–Trinajstić information content (AvgIpc) is 2.61. The van der Waals surface area contributed by atoms with Crippen molar-refractivity contribution in [2.45, 2.75) is 58.3 Å². The maximum Gasteiger partial charge on any atom is 0.341 e. The number of rotatable bonds is 3. The molecule has 2 N–H and O–H groups in total. The summed E-state index contributed by atoms with van der Waals surface area (Å²) in [6, 6.07) is 0. The summed E-state index contributed by atoms with van der Waals surface area (Å²) in [4.78, 5) is 26.2. The number of fused-ring (bicyclic) bond motifs is 1. The van der Waals surface area contributed by atoms with Crippen LogP contribution >= 0.6 is 0 Å². The molecule has 0 bridgehead atoms. The van der Waals surface area contributed by atoms with E-state index >= 15 is 0 Å². The number of hydrogen-bond donors (Lipinski definition) is 2. The van der Waals surface area contributed by atoms with Crippen molar-refractivity contribution < 1.29 is 9.90 Å². The molecule has 4 nitrogen and oxygen atoms in total. The van der Waals surface area contributed by atoms with Crippen LogP contribution in [-0.4, -0.2) is 16.1 Å².